The third-order valence-electron chi connectivity index (χ3n) is 4.32. The summed E-state index contributed by atoms with van der Waals surface area (Å²) < 4.78 is 0.934. The average molecular weight is 421 g/mol. The Bertz CT molecular complexity index is 1100. The fourth-order valence-electron chi connectivity index (χ4n) is 2.78. The number of hydrogen-bond donors (Lipinski definition) is 1. The van der Waals surface area contributed by atoms with E-state index < -0.39 is 0 Å². The van der Waals surface area contributed by atoms with Crippen molar-refractivity contribution in [2.45, 2.75) is 13.3 Å². The zero-order valence-electron chi connectivity index (χ0n) is 14.7. The topological polar surface area (TPSA) is 59.8 Å². The van der Waals surface area contributed by atoms with Crippen LogP contribution in [-0.4, -0.2) is 20.9 Å². The Kier molecular flexibility index (Phi) is 4.73. The number of carbonyl (C=O) groups excluding carboxylic acids is 1. The normalized spacial score (nSPS) is 10.9. The molecule has 1 amide bonds. The molecule has 134 valence electrons. The minimum absolute atomic E-state index is 0.163. The molecule has 0 aliphatic carbocycles. The van der Waals surface area contributed by atoms with E-state index in [1.54, 1.807) is 16.9 Å². The monoisotopic (exact) mass is 420 g/mol. The molecule has 0 unspecified atom stereocenters. The summed E-state index contributed by atoms with van der Waals surface area (Å²) in [7, 11) is 0. The second-order valence-corrected chi connectivity index (χ2v) is 7.09. The van der Waals surface area contributed by atoms with E-state index in [-0.39, 0.29) is 5.91 Å². The molecule has 3 aromatic carbocycles. The Morgan fingerprint density at radius 1 is 0.963 bits per heavy atom. The number of amides is 1. The van der Waals surface area contributed by atoms with Crippen molar-refractivity contribution < 1.29 is 4.79 Å². The fraction of sp³-hybridized carbons (Fsp3) is 0.0952. The Balaban J connectivity index is 1.58. The third kappa shape index (κ3) is 3.75. The smallest absolute Gasteiger partial charge is 0.255 e. The van der Waals surface area contributed by atoms with Crippen molar-refractivity contribution in [3.05, 3.63) is 82.3 Å². The molecular formula is C21H17BrN4O. The summed E-state index contributed by atoms with van der Waals surface area (Å²) >= 11 is 3.37. The Morgan fingerprint density at radius 3 is 2.37 bits per heavy atom. The van der Waals surface area contributed by atoms with Crippen molar-refractivity contribution in [3.8, 4) is 5.69 Å². The van der Waals surface area contributed by atoms with Crippen molar-refractivity contribution >= 4 is 38.6 Å². The number of halogens is 1. The van der Waals surface area contributed by atoms with Gasteiger partial charge < -0.3 is 5.32 Å². The predicted octanol–water partition coefficient (Wildman–Crippen LogP) is 5.00. The number of nitrogens with zero attached hydrogens (tertiary/aromatic N) is 3. The van der Waals surface area contributed by atoms with Gasteiger partial charge in [0.1, 0.15) is 11.0 Å². The molecule has 0 aliphatic rings. The summed E-state index contributed by atoms with van der Waals surface area (Å²) in [5.41, 5.74) is 4.96. The van der Waals surface area contributed by atoms with Gasteiger partial charge in [0.2, 0.25) is 0 Å². The van der Waals surface area contributed by atoms with Crippen LogP contribution in [0.5, 0.6) is 0 Å². The number of aromatic nitrogens is 3. The molecular weight excluding hydrogens is 404 g/mol. The van der Waals surface area contributed by atoms with Crippen LogP contribution in [-0.2, 0) is 6.42 Å². The molecule has 5 nitrogen and oxygen atoms in total. The highest BCUT2D eigenvalue weighted by atomic mass is 79.9. The van der Waals surface area contributed by atoms with Crippen molar-refractivity contribution in [3.63, 3.8) is 0 Å². The van der Waals surface area contributed by atoms with Crippen LogP contribution in [0.2, 0.25) is 0 Å². The summed E-state index contributed by atoms with van der Waals surface area (Å²) in [5, 5.41) is 12.0. The van der Waals surface area contributed by atoms with Gasteiger partial charge in [0, 0.05) is 15.7 Å². The van der Waals surface area contributed by atoms with Crippen molar-refractivity contribution in [1.29, 1.82) is 0 Å². The van der Waals surface area contributed by atoms with Crippen LogP contribution in [0.4, 0.5) is 5.69 Å². The number of benzene rings is 3. The molecule has 0 saturated carbocycles. The molecule has 0 spiro atoms. The molecule has 0 fully saturated rings. The molecule has 6 heteroatoms. The van der Waals surface area contributed by atoms with Crippen molar-refractivity contribution in [2.24, 2.45) is 0 Å². The first-order chi connectivity index (χ1) is 13.1. The van der Waals surface area contributed by atoms with Gasteiger partial charge in [0.05, 0.1) is 5.69 Å². The van der Waals surface area contributed by atoms with E-state index in [0.717, 1.165) is 27.6 Å². The van der Waals surface area contributed by atoms with Gasteiger partial charge in [-0.3, -0.25) is 4.79 Å². The first-order valence-electron chi connectivity index (χ1n) is 8.66. The van der Waals surface area contributed by atoms with Crippen LogP contribution in [0.3, 0.4) is 0 Å². The van der Waals surface area contributed by atoms with E-state index >= 15 is 0 Å². The molecule has 0 saturated heterocycles. The van der Waals surface area contributed by atoms with Crippen LogP contribution >= 0.6 is 15.9 Å². The maximum absolute atomic E-state index is 12.4. The molecule has 1 N–H and O–H groups in total. The summed E-state index contributed by atoms with van der Waals surface area (Å²) in [6.07, 6.45) is 0.996. The minimum atomic E-state index is -0.163. The molecule has 0 aliphatic heterocycles. The van der Waals surface area contributed by atoms with Crippen LogP contribution in [0.1, 0.15) is 22.8 Å². The lowest BCUT2D eigenvalue weighted by Crippen LogP contribution is -2.11. The van der Waals surface area contributed by atoms with Gasteiger partial charge in [0.25, 0.3) is 5.91 Å². The zero-order valence-corrected chi connectivity index (χ0v) is 16.3. The molecule has 0 bridgehead atoms. The Hall–Kier alpha value is -2.99. The third-order valence-corrected chi connectivity index (χ3v) is 4.85. The highest BCUT2D eigenvalue weighted by Gasteiger charge is 2.09. The summed E-state index contributed by atoms with van der Waals surface area (Å²) in [4.78, 5) is 14.0. The Labute approximate surface area is 165 Å². The fourth-order valence-corrected chi connectivity index (χ4v) is 3.04. The molecule has 1 heterocycles. The van der Waals surface area contributed by atoms with E-state index in [1.807, 2.05) is 42.5 Å². The zero-order chi connectivity index (χ0) is 18.8. The maximum atomic E-state index is 12.4. The summed E-state index contributed by atoms with van der Waals surface area (Å²) in [6.45, 7) is 2.12. The Morgan fingerprint density at radius 2 is 1.67 bits per heavy atom. The lowest BCUT2D eigenvalue weighted by molar-refractivity contribution is 0.102. The molecule has 0 atom stereocenters. The first kappa shape index (κ1) is 17.4. The van der Waals surface area contributed by atoms with E-state index in [9.17, 15) is 4.79 Å². The number of hydrogen-bond acceptors (Lipinski definition) is 3. The number of nitrogens with one attached hydrogen (secondary N) is 1. The molecule has 4 rings (SSSR count). The summed E-state index contributed by atoms with van der Waals surface area (Å²) in [6, 6.07) is 20.9. The van der Waals surface area contributed by atoms with E-state index in [0.29, 0.717) is 11.3 Å². The average Bonchev–Trinajstić information content (AvgIpc) is 3.12. The van der Waals surface area contributed by atoms with Crippen LogP contribution in [0.25, 0.3) is 16.7 Å². The quantitative estimate of drug-likeness (QED) is 0.505. The number of carbonyl (C=O) groups is 1. The van der Waals surface area contributed by atoms with Gasteiger partial charge in [-0.25, -0.2) is 0 Å². The number of fused-ring (bicyclic) bond motifs is 1. The number of aryl methyl sites for hydroxylation is 1. The lowest BCUT2D eigenvalue weighted by atomic mass is 10.2. The summed E-state index contributed by atoms with van der Waals surface area (Å²) in [5.74, 6) is -0.163. The maximum Gasteiger partial charge on any atom is 0.255 e. The number of rotatable bonds is 4. The van der Waals surface area contributed by atoms with Gasteiger partial charge >= 0.3 is 0 Å². The second-order valence-electron chi connectivity index (χ2n) is 6.17. The highest BCUT2D eigenvalue weighted by molar-refractivity contribution is 9.10. The molecule has 4 aromatic rings. The predicted molar refractivity (Wildman–Crippen MR) is 110 cm³/mol. The molecule has 1 aromatic heterocycles. The second kappa shape index (κ2) is 7.32. The first-order valence-corrected chi connectivity index (χ1v) is 9.45. The van der Waals surface area contributed by atoms with Gasteiger partial charge in [-0.15, -0.1) is 10.2 Å². The molecule has 27 heavy (non-hydrogen) atoms. The van der Waals surface area contributed by atoms with E-state index in [1.165, 1.54) is 5.56 Å². The van der Waals surface area contributed by atoms with Crippen LogP contribution in [0, 0.1) is 0 Å². The SMILES string of the molecule is CCc1ccc(-n2nc3ccc(NC(=O)c4ccc(Br)cc4)cc3n2)cc1. The van der Waals surface area contributed by atoms with E-state index in [4.69, 9.17) is 0 Å². The van der Waals surface area contributed by atoms with Gasteiger partial charge in [-0.1, -0.05) is 35.0 Å². The van der Waals surface area contributed by atoms with Gasteiger partial charge in [-0.2, -0.15) is 4.80 Å². The number of anilines is 1. The van der Waals surface area contributed by atoms with Crippen molar-refractivity contribution in [1.82, 2.24) is 15.0 Å². The van der Waals surface area contributed by atoms with Gasteiger partial charge in [0.15, 0.2) is 0 Å². The lowest BCUT2D eigenvalue weighted by Gasteiger charge is -2.05. The minimum Gasteiger partial charge on any atom is -0.322 e. The van der Waals surface area contributed by atoms with Gasteiger partial charge in [-0.05, 0) is 66.6 Å². The van der Waals surface area contributed by atoms with Crippen LogP contribution < -0.4 is 5.32 Å². The van der Waals surface area contributed by atoms with Crippen LogP contribution in [0.15, 0.2) is 71.2 Å². The highest BCUT2D eigenvalue weighted by Crippen LogP contribution is 2.19. The largest absolute Gasteiger partial charge is 0.322 e. The molecule has 0 radical (unpaired) electrons. The van der Waals surface area contributed by atoms with Crippen molar-refractivity contribution in [2.75, 3.05) is 5.32 Å². The van der Waals surface area contributed by atoms with E-state index in [2.05, 4.69) is 50.5 Å². The standard InChI is InChI=1S/C21H17BrN4O/c1-2-14-3-10-18(11-4-14)26-24-19-12-9-17(13-20(19)25-26)23-21(27)15-5-7-16(22)8-6-15/h3-13H,2H2,1H3,(H,23,27).